The number of anilines is 2. The van der Waals surface area contributed by atoms with Gasteiger partial charge in [-0.15, -0.1) is 0 Å². The molecule has 0 bridgehead atoms. The fourth-order valence-electron chi connectivity index (χ4n) is 2.42. The maximum Gasteiger partial charge on any atom is 0.150 e. The molecule has 0 amide bonds. The molecule has 2 rings (SSSR count). The Hall–Kier alpha value is -1.19. The minimum Gasteiger partial charge on any atom is -0.394 e. The first kappa shape index (κ1) is 11.3. The van der Waals surface area contributed by atoms with Gasteiger partial charge in [0.05, 0.1) is 11.4 Å². The number of nitrogens with two attached hydrogens (primary N) is 1. The van der Waals surface area contributed by atoms with Crippen LogP contribution in [0.15, 0.2) is 0 Å². The summed E-state index contributed by atoms with van der Waals surface area (Å²) in [7, 11) is 0. The lowest BCUT2D eigenvalue weighted by Crippen LogP contribution is -2.27. The SMILES string of the molecule is CCn1nc(C)c(N)c1N1CCCCCC1. The highest BCUT2D eigenvalue weighted by atomic mass is 15.4. The number of nitrogen functional groups attached to an aromatic ring is 1. The molecule has 4 heteroatoms. The summed E-state index contributed by atoms with van der Waals surface area (Å²) in [5.41, 5.74) is 7.96. The minimum absolute atomic E-state index is 0.865. The van der Waals surface area contributed by atoms with Gasteiger partial charge in [0.15, 0.2) is 5.82 Å². The Bertz CT molecular complexity index is 348. The van der Waals surface area contributed by atoms with Gasteiger partial charge in [-0.2, -0.15) is 5.10 Å². The molecule has 16 heavy (non-hydrogen) atoms. The van der Waals surface area contributed by atoms with E-state index in [0.29, 0.717) is 0 Å². The van der Waals surface area contributed by atoms with Crippen LogP contribution >= 0.6 is 0 Å². The van der Waals surface area contributed by atoms with Crippen LogP contribution in [0.4, 0.5) is 11.5 Å². The van der Waals surface area contributed by atoms with Gasteiger partial charge in [0, 0.05) is 19.6 Å². The third-order valence-corrected chi connectivity index (χ3v) is 3.35. The van der Waals surface area contributed by atoms with E-state index in [0.717, 1.165) is 36.8 Å². The molecular weight excluding hydrogens is 200 g/mol. The third-order valence-electron chi connectivity index (χ3n) is 3.35. The van der Waals surface area contributed by atoms with Crippen molar-refractivity contribution in [3.63, 3.8) is 0 Å². The second-order valence-corrected chi connectivity index (χ2v) is 4.54. The lowest BCUT2D eigenvalue weighted by atomic mass is 10.2. The second-order valence-electron chi connectivity index (χ2n) is 4.54. The van der Waals surface area contributed by atoms with Crippen molar-refractivity contribution in [2.75, 3.05) is 23.7 Å². The highest BCUT2D eigenvalue weighted by Gasteiger charge is 2.19. The van der Waals surface area contributed by atoms with Crippen LogP contribution in [-0.4, -0.2) is 22.9 Å². The molecule has 0 radical (unpaired) electrons. The normalized spacial score (nSPS) is 17.5. The predicted octanol–water partition coefficient (Wildman–Crippen LogP) is 2.17. The largest absolute Gasteiger partial charge is 0.394 e. The number of aromatic nitrogens is 2. The van der Waals surface area contributed by atoms with Gasteiger partial charge < -0.3 is 10.6 Å². The third kappa shape index (κ3) is 2.01. The van der Waals surface area contributed by atoms with Gasteiger partial charge in [0.2, 0.25) is 0 Å². The van der Waals surface area contributed by atoms with Gasteiger partial charge in [-0.05, 0) is 26.7 Å². The van der Waals surface area contributed by atoms with E-state index in [1.165, 1.54) is 25.7 Å². The Morgan fingerprint density at radius 2 is 1.81 bits per heavy atom. The molecule has 1 aromatic heterocycles. The quantitative estimate of drug-likeness (QED) is 0.834. The first-order valence-electron chi connectivity index (χ1n) is 6.32. The predicted molar refractivity (Wildman–Crippen MR) is 67.7 cm³/mol. The van der Waals surface area contributed by atoms with Gasteiger partial charge in [-0.3, -0.25) is 0 Å². The van der Waals surface area contributed by atoms with Crippen molar-refractivity contribution in [2.24, 2.45) is 0 Å². The standard InChI is InChI=1S/C12H22N4/c1-3-16-12(11(13)10(2)14-16)15-8-6-4-5-7-9-15/h3-9,13H2,1-2H3. The van der Waals surface area contributed by atoms with Crippen molar-refractivity contribution in [3.05, 3.63) is 5.69 Å². The van der Waals surface area contributed by atoms with Crippen LogP contribution in [0.5, 0.6) is 0 Å². The summed E-state index contributed by atoms with van der Waals surface area (Å²) in [5.74, 6) is 1.14. The highest BCUT2D eigenvalue weighted by Crippen LogP contribution is 2.28. The molecule has 0 atom stereocenters. The fraction of sp³-hybridized carbons (Fsp3) is 0.750. The zero-order valence-corrected chi connectivity index (χ0v) is 10.4. The van der Waals surface area contributed by atoms with Crippen molar-refractivity contribution in [2.45, 2.75) is 46.1 Å². The van der Waals surface area contributed by atoms with E-state index in [-0.39, 0.29) is 0 Å². The summed E-state index contributed by atoms with van der Waals surface area (Å²) < 4.78 is 2.04. The fourth-order valence-corrected chi connectivity index (χ4v) is 2.42. The summed E-state index contributed by atoms with van der Waals surface area (Å²) >= 11 is 0. The molecule has 2 N–H and O–H groups in total. The maximum atomic E-state index is 6.14. The van der Waals surface area contributed by atoms with Crippen LogP contribution in [0.1, 0.15) is 38.3 Å². The van der Waals surface area contributed by atoms with Crippen molar-refractivity contribution in [3.8, 4) is 0 Å². The molecule has 0 unspecified atom stereocenters. The van der Waals surface area contributed by atoms with Crippen LogP contribution in [-0.2, 0) is 6.54 Å². The maximum absolute atomic E-state index is 6.14. The Morgan fingerprint density at radius 1 is 1.19 bits per heavy atom. The number of rotatable bonds is 2. The van der Waals surface area contributed by atoms with Crippen LogP contribution in [0.3, 0.4) is 0 Å². The van der Waals surface area contributed by atoms with Gasteiger partial charge in [0.25, 0.3) is 0 Å². The van der Waals surface area contributed by atoms with Crippen LogP contribution in [0.2, 0.25) is 0 Å². The molecular formula is C12H22N4. The van der Waals surface area contributed by atoms with Gasteiger partial charge in [0.1, 0.15) is 0 Å². The molecule has 0 aliphatic carbocycles. The van der Waals surface area contributed by atoms with E-state index >= 15 is 0 Å². The molecule has 1 aliphatic rings. The van der Waals surface area contributed by atoms with Crippen molar-refractivity contribution in [1.29, 1.82) is 0 Å². The van der Waals surface area contributed by atoms with E-state index < -0.39 is 0 Å². The average Bonchev–Trinajstić information content (AvgIpc) is 2.51. The number of hydrogen-bond donors (Lipinski definition) is 1. The number of aryl methyl sites for hydroxylation is 2. The molecule has 2 heterocycles. The summed E-state index contributed by atoms with van der Waals surface area (Å²) in [6.07, 6.45) is 5.23. The molecule has 1 aromatic rings. The average molecular weight is 222 g/mol. The number of nitrogens with zero attached hydrogens (tertiary/aromatic N) is 3. The van der Waals surface area contributed by atoms with E-state index in [1.807, 2.05) is 11.6 Å². The van der Waals surface area contributed by atoms with Crippen molar-refractivity contribution in [1.82, 2.24) is 9.78 Å². The van der Waals surface area contributed by atoms with Crippen LogP contribution in [0.25, 0.3) is 0 Å². The molecule has 4 nitrogen and oxygen atoms in total. The highest BCUT2D eigenvalue weighted by molar-refractivity contribution is 5.66. The van der Waals surface area contributed by atoms with Crippen molar-refractivity contribution < 1.29 is 0 Å². The first-order valence-corrected chi connectivity index (χ1v) is 6.32. The molecule has 1 saturated heterocycles. The molecule has 0 spiro atoms. The summed E-state index contributed by atoms with van der Waals surface area (Å²) in [4.78, 5) is 2.41. The second kappa shape index (κ2) is 4.76. The zero-order valence-electron chi connectivity index (χ0n) is 10.4. The molecule has 0 saturated carbocycles. The Morgan fingerprint density at radius 3 is 2.38 bits per heavy atom. The van der Waals surface area contributed by atoms with Gasteiger partial charge in [-0.25, -0.2) is 4.68 Å². The van der Waals surface area contributed by atoms with E-state index in [9.17, 15) is 0 Å². The van der Waals surface area contributed by atoms with E-state index in [4.69, 9.17) is 5.73 Å². The number of hydrogen-bond acceptors (Lipinski definition) is 3. The van der Waals surface area contributed by atoms with E-state index in [1.54, 1.807) is 0 Å². The van der Waals surface area contributed by atoms with Gasteiger partial charge in [-0.1, -0.05) is 12.8 Å². The monoisotopic (exact) mass is 222 g/mol. The summed E-state index contributed by atoms with van der Waals surface area (Å²) in [5, 5.41) is 4.48. The zero-order chi connectivity index (χ0) is 11.5. The summed E-state index contributed by atoms with van der Waals surface area (Å²) in [6.45, 7) is 7.24. The Kier molecular flexibility index (Phi) is 3.36. The molecule has 90 valence electrons. The first-order chi connectivity index (χ1) is 7.74. The van der Waals surface area contributed by atoms with E-state index in [2.05, 4.69) is 16.9 Å². The summed E-state index contributed by atoms with van der Waals surface area (Å²) in [6, 6.07) is 0. The Labute approximate surface area is 97.4 Å². The lowest BCUT2D eigenvalue weighted by molar-refractivity contribution is 0.629. The van der Waals surface area contributed by atoms with Crippen LogP contribution in [0, 0.1) is 6.92 Å². The smallest absolute Gasteiger partial charge is 0.150 e. The van der Waals surface area contributed by atoms with Gasteiger partial charge >= 0.3 is 0 Å². The van der Waals surface area contributed by atoms with Crippen molar-refractivity contribution >= 4 is 11.5 Å². The molecule has 1 fully saturated rings. The molecule has 1 aliphatic heterocycles. The minimum atomic E-state index is 0.865. The molecule has 0 aromatic carbocycles. The Balaban J connectivity index is 2.29. The lowest BCUT2D eigenvalue weighted by Gasteiger charge is -2.23. The topological polar surface area (TPSA) is 47.1 Å². The van der Waals surface area contributed by atoms with Crippen LogP contribution < -0.4 is 10.6 Å².